The first-order valence-electron chi connectivity index (χ1n) is 4.24. The summed E-state index contributed by atoms with van der Waals surface area (Å²) in [6.07, 6.45) is -0.243. The van der Waals surface area contributed by atoms with Gasteiger partial charge < -0.3 is 10.4 Å². The van der Waals surface area contributed by atoms with Crippen LogP contribution < -0.4 is 5.32 Å². The number of rotatable bonds is 3. The van der Waals surface area contributed by atoms with E-state index in [4.69, 9.17) is 10.4 Å². The molecule has 1 aromatic carbocycles. The molecule has 0 radical (unpaired) electrons. The number of hydrogen-bond donors (Lipinski definition) is 2. The minimum absolute atomic E-state index is 0.116. The lowest BCUT2D eigenvalue weighted by Crippen LogP contribution is -2.10. The van der Waals surface area contributed by atoms with Gasteiger partial charge in [0.15, 0.2) is 0 Å². The molecule has 1 amide bonds. The molecule has 0 bridgehead atoms. The quantitative estimate of drug-likeness (QED) is 0.887. The number of nitrogens with one attached hydrogen (secondary N) is 1. The average Bonchev–Trinajstić information content (AvgIpc) is 2.21. The number of anilines is 1. The van der Waals surface area contributed by atoms with Gasteiger partial charge in [0.1, 0.15) is 6.42 Å². The van der Waals surface area contributed by atoms with Crippen molar-refractivity contribution >= 4 is 33.5 Å². The summed E-state index contributed by atoms with van der Waals surface area (Å²) < 4.78 is 0.457. The molecule has 82 valence electrons. The number of nitrogens with zero attached hydrogens (tertiary/aromatic N) is 1. The molecule has 2 N–H and O–H groups in total. The molecular weight excluding hydrogens is 276 g/mol. The lowest BCUT2D eigenvalue weighted by Gasteiger charge is -2.06. The minimum Gasteiger partial charge on any atom is -0.478 e. The highest BCUT2D eigenvalue weighted by molar-refractivity contribution is 9.10. The minimum atomic E-state index is -1.05. The number of carboxylic acids is 1. The highest BCUT2D eigenvalue weighted by Gasteiger charge is 2.08. The fourth-order valence-corrected chi connectivity index (χ4v) is 1.49. The maximum absolute atomic E-state index is 11.1. The molecule has 0 aliphatic rings. The van der Waals surface area contributed by atoms with Gasteiger partial charge in [-0.05, 0) is 34.1 Å². The number of carboxylic acid groups (broad SMARTS) is 1. The molecular formula is C10H7BrN2O3. The Morgan fingerprint density at radius 3 is 2.69 bits per heavy atom. The van der Waals surface area contributed by atoms with Gasteiger partial charge >= 0.3 is 5.97 Å². The molecule has 0 unspecified atom stereocenters. The van der Waals surface area contributed by atoms with E-state index in [1.807, 2.05) is 0 Å². The Kier molecular flexibility index (Phi) is 4.03. The van der Waals surface area contributed by atoms with Crippen LogP contribution in [0.4, 0.5) is 5.69 Å². The van der Waals surface area contributed by atoms with Crippen LogP contribution >= 0.6 is 15.9 Å². The van der Waals surface area contributed by atoms with E-state index >= 15 is 0 Å². The van der Waals surface area contributed by atoms with E-state index in [1.54, 1.807) is 6.07 Å². The van der Waals surface area contributed by atoms with Gasteiger partial charge in [-0.15, -0.1) is 0 Å². The third-order valence-corrected chi connectivity index (χ3v) is 2.39. The second kappa shape index (κ2) is 5.28. The number of aromatic carboxylic acids is 1. The summed E-state index contributed by atoms with van der Waals surface area (Å²) >= 11 is 3.13. The zero-order valence-corrected chi connectivity index (χ0v) is 9.61. The SMILES string of the molecule is N#CCC(=O)Nc1ccc(C(=O)O)cc1Br. The molecule has 0 spiro atoms. The largest absolute Gasteiger partial charge is 0.478 e. The van der Waals surface area contributed by atoms with Gasteiger partial charge in [0, 0.05) is 4.47 Å². The molecule has 0 saturated heterocycles. The van der Waals surface area contributed by atoms with Gasteiger partial charge in [0.25, 0.3) is 0 Å². The monoisotopic (exact) mass is 282 g/mol. The fourth-order valence-electron chi connectivity index (χ4n) is 1.02. The lowest BCUT2D eigenvalue weighted by molar-refractivity contribution is -0.115. The van der Waals surface area contributed by atoms with Crippen LogP contribution in [0.2, 0.25) is 0 Å². The lowest BCUT2D eigenvalue weighted by atomic mass is 10.2. The summed E-state index contributed by atoms with van der Waals surface area (Å²) in [6, 6.07) is 5.93. The molecule has 0 aliphatic heterocycles. The summed E-state index contributed by atoms with van der Waals surface area (Å²) in [6.45, 7) is 0. The number of halogens is 1. The highest BCUT2D eigenvalue weighted by Crippen LogP contribution is 2.23. The van der Waals surface area contributed by atoms with E-state index in [2.05, 4.69) is 21.2 Å². The third kappa shape index (κ3) is 3.07. The number of carbonyl (C=O) groups is 2. The van der Waals surface area contributed by atoms with Crippen molar-refractivity contribution in [1.29, 1.82) is 5.26 Å². The summed E-state index contributed by atoms with van der Waals surface area (Å²) in [5.41, 5.74) is 0.551. The van der Waals surface area contributed by atoms with E-state index in [0.717, 1.165) is 0 Å². The van der Waals surface area contributed by atoms with Crippen molar-refractivity contribution in [2.24, 2.45) is 0 Å². The van der Waals surface area contributed by atoms with Crippen LogP contribution in [0.3, 0.4) is 0 Å². The molecule has 5 nitrogen and oxygen atoms in total. The normalized spacial score (nSPS) is 9.25. The van der Waals surface area contributed by atoms with Crippen molar-refractivity contribution in [1.82, 2.24) is 0 Å². The van der Waals surface area contributed by atoms with Gasteiger partial charge in [-0.25, -0.2) is 4.79 Å². The van der Waals surface area contributed by atoms with Crippen molar-refractivity contribution in [2.75, 3.05) is 5.32 Å². The Balaban J connectivity index is 2.88. The maximum atomic E-state index is 11.1. The Hall–Kier alpha value is -1.87. The van der Waals surface area contributed by atoms with Crippen molar-refractivity contribution in [3.8, 4) is 6.07 Å². The van der Waals surface area contributed by atoms with Gasteiger partial charge in [-0.2, -0.15) is 5.26 Å². The van der Waals surface area contributed by atoms with Crippen LogP contribution in [-0.2, 0) is 4.79 Å². The number of hydrogen-bond acceptors (Lipinski definition) is 3. The Morgan fingerprint density at radius 1 is 1.50 bits per heavy atom. The molecule has 0 aromatic heterocycles. The van der Waals surface area contributed by atoms with Crippen LogP contribution in [0.1, 0.15) is 16.8 Å². The summed E-state index contributed by atoms with van der Waals surface area (Å²) in [7, 11) is 0. The first-order valence-corrected chi connectivity index (χ1v) is 5.03. The predicted molar refractivity (Wildman–Crippen MR) is 60.0 cm³/mol. The molecule has 1 rings (SSSR count). The highest BCUT2D eigenvalue weighted by atomic mass is 79.9. The predicted octanol–water partition coefficient (Wildman–Crippen LogP) is 2.00. The zero-order chi connectivity index (χ0) is 12.1. The molecule has 0 fully saturated rings. The van der Waals surface area contributed by atoms with E-state index in [0.29, 0.717) is 10.2 Å². The molecule has 6 heteroatoms. The van der Waals surface area contributed by atoms with E-state index in [9.17, 15) is 9.59 Å². The van der Waals surface area contributed by atoms with E-state index < -0.39 is 11.9 Å². The third-order valence-electron chi connectivity index (χ3n) is 1.73. The van der Waals surface area contributed by atoms with Crippen molar-refractivity contribution < 1.29 is 14.7 Å². The van der Waals surface area contributed by atoms with E-state index in [1.165, 1.54) is 18.2 Å². The average molecular weight is 283 g/mol. The van der Waals surface area contributed by atoms with Crippen LogP contribution in [-0.4, -0.2) is 17.0 Å². The van der Waals surface area contributed by atoms with Crippen LogP contribution in [0, 0.1) is 11.3 Å². The van der Waals surface area contributed by atoms with Crippen molar-refractivity contribution in [3.05, 3.63) is 28.2 Å². The summed E-state index contributed by atoms with van der Waals surface area (Å²) in [4.78, 5) is 21.8. The molecule has 0 aliphatic carbocycles. The molecule has 1 aromatic rings. The first kappa shape index (κ1) is 12.2. The van der Waals surface area contributed by atoms with E-state index in [-0.39, 0.29) is 12.0 Å². The van der Waals surface area contributed by atoms with Crippen LogP contribution in [0.15, 0.2) is 22.7 Å². The smallest absolute Gasteiger partial charge is 0.335 e. The fraction of sp³-hybridized carbons (Fsp3) is 0.100. The number of benzene rings is 1. The summed E-state index contributed by atoms with van der Waals surface area (Å²) in [5, 5.41) is 19.5. The molecule has 16 heavy (non-hydrogen) atoms. The second-order valence-corrected chi connectivity index (χ2v) is 3.74. The summed E-state index contributed by atoms with van der Waals surface area (Å²) in [5.74, 6) is -1.48. The van der Waals surface area contributed by atoms with Gasteiger partial charge in [0.2, 0.25) is 5.91 Å². The standard InChI is InChI=1S/C10H7BrN2O3/c11-7-5-6(10(15)16)1-2-8(7)13-9(14)3-4-12/h1-2,5H,3H2,(H,13,14)(H,15,16). The Morgan fingerprint density at radius 2 is 2.19 bits per heavy atom. The van der Waals surface area contributed by atoms with Crippen molar-refractivity contribution in [2.45, 2.75) is 6.42 Å². The van der Waals surface area contributed by atoms with Gasteiger partial charge in [0.05, 0.1) is 17.3 Å². The second-order valence-electron chi connectivity index (χ2n) is 2.88. The Labute approximate surface area is 99.8 Å². The van der Waals surface area contributed by atoms with Gasteiger partial charge in [-0.1, -0.05) is 0 Å². The van der Waals surface area contributed by atoms with Gasteiger partial charge in [-0.3, -0.25) is 4.79 Å². The maximum Gasteiger partial charge on any atom is 0.335 e. The number of carbonyl (C=O) groups excluding carboxylic acids is 1. The topological polar surface area (TPSA) is 90.2 Å². The number of amides is 1. The molecule has 0 heterocycles. The molecule has 0 atom stereocenters. The Bertz CT molecular complexity index is 479. The zero-order valence-electron chi connectivity index (χ0n) is 8.03. The molecule has 0 saturated carbocycles. The number of nitriles is 1. The van der Waals surface area contributed by atoms with Crippen molar-refractivity contribution in [3.63, 3.8) is 0 Å². The first-order chi connectivity index (χ1) is 7.54. The van der Waals surface area contributed by atoms with Crippen LogP contribution in [0.25, 0.3) is 0 Å². The van der Waals surface area contributed by atoms with Crippen LogP contribution in [0.5, 0.6) is 0 Å².